The van der Waals surface area contributed by atoms with Gasteiger partial charge in [0, 0.05) is 18.0 Å². The van der Waals surface area contributed by atoms with E-state index in [2.05, 4.69) is 0 Å². The molecule has 2 fully saturated rings. The summed E-state index contributed by atoms with van der Waals surface area (Å²) in [6.07, 6.45) is 1.20. The largest absolute Gasteiger partial charge is 0.466 e. The van der Waals surface area contributed by atoms with Crippen molar-refractivity contribution in [1.29, 1.82) is 0 Å². The Morgan fingerprint density at radius 1 is 1.24 bits per heavy atom. The topological polar surface area (TPSA) is 99.0 Å². The molecule has 0 N–H and O–H groups in total. The molecule has 0 radical (unpaired) electrons. The van der Waals surface area contributed by atoms with Crippen LogP contribution in [0.15, 0.2) is 0 Å². The highest BCUT2D eigenvalue weighted by atomic mass is 16.6. The summed E-state index contributed by atoms with van der Waals surface area (Å²) in [7, 11) is 0. The molecule has 1 aliphatic carbocycles. The number of amides is 1. The van der Waals surface area contributed by atoms with E-state index in [1.54, 1.807) is 32.6 Å². The van der Waals surface area contributed by atoms with Crippen molar-refractivity contribution < 1.29 is 24.0 Å². The molecule has 8 heteroatoms. The van der Waals surface area contributed by atoms with E-state index in [-0.39, 0.29) is 36.3 Å². The van der Waals surface area contributed by atoms with Crippen LogP contribution in [0.25, 0.3) is 0 Å². The lowest BCUT2D eigenvalue weighted by Crippen LogP contribution is -2.55. The van der Waals surface area contributed by atoms with Crippen LogP contribution in [0.3, 0.4) is 0 Å². The first kappa shape index (κ1) is 19.5. The average Bonchev–Trinajstić information content (AvgIpc) is 2.64. The molecular weight excluding hydrogens is 328 g/mol. The van der Waals surface area contributed by atoms with Gasteiger partial charge < -0.3 is 14.4 Å². The highest BCUT2D eigenvalue weighted by Crippen LogP contribution is 2.54. The summed E-state index contributed by atoms with van der Waals surface area (Å²) in [5.74, 6) is -0.575. The molecule has 2 aliphatic rings. The third-order valence-corrected chi connectivity index (χ3v) is 5.23. The number of nitrogens with zero attached hydrogens (tertiary/aromatic N) is 2. The van der Waals surface area contributed by atoms with Crippen molar-refractivity contribution in [3.63, 3.8) is 0 Å². The van der Waals surface area contributed by atoms with Gasteiger partial charge in [-0.25, -0.2) is 4.79 Å². The third-order valence-electron chi connectivity index (χ3n) is 5.23. The summed E-state index contributed by atoms with van der Waals surface area (Å²) in [6.45, 7) is 7.91. The summed E-state index contributed by atoms with van der Waals surface area (Å²) in [6, 6.07) is 0. The SMILES string of the molecule is CCOC(=O)CC1(C[N+](=O)[O-])C2CCC1CN(C(=O)OC(C)(C)C)C2. The molecule has 8 nitrogen and oxygen atoms in total. The summed E-state index contributed by atoms with van der Waals surface area (Å²) in [5, 5.41) is 11.3. The Hall–Kier alpha value is -1.86. The number of hydrogen-bond acceptors (Lipinski definition) is 6. The Bertz CT molecular complexity index is 528. The number of likely N-dealkylation sites (tertiary alicyclic amines) is 1. The second kappa shape index (κ2) is 7.17. The van der Waals surface area contributed by atoms with Gasteiger partial charge in [-0.15, -0.1) is 0 Å². The van der Waals surface area contributed by atoms with E-state index in [0.717, 1.165) is 12.8 Å². The molecule has 1 saturated carbocycles. The van der Waals surface area contributed by atoms with E-state index in [9.17, 15) is 19.7 Å². The maximum Gasteiger partial charge on any atom is 0.410 e. The first-order valence-electron chi connectivity index (χ1n) is 8.82. The molecule has 142 valence electrons. The first-order valence-corrected chi connectivity index (χ1v) is 8.82. The third kappa shape index (κ3) is 4.41. The van der Waals surface area contributed by atoms with E-state index in [4.69, 9.17) is 9.47 Å². The maximum absolute atomic E-state index is 12.4. The van der Waals surface area contributed by atoms with E-state index >= 15 is 0 Å². The summed E-state index contributed by atoms with van der Waals surface area (Å²) in [4.78, 5) is 37.0. The molecule has 1 saturated heterocycles. The minimum atomic E-state index is -0.728. The fourth-order valence-corrected chi connectivity index (χ4v) is 4.26. The fraction of sp³-hybridized carbons (Fsp3) is 0.882. The van der Waals surface area contributed by atoms with Gasteiger partial charge in [-0.1, -0.05) is 0 Å². The van der Waals surface area contributed by atoms with Gasteiger partial charge in [-0.05, 0) is 52.4 Å². The van der Waals surface area contributed by atoms with Gasteiger partial charge in [0.2, 0.25) is 6.54 Å². The Morgan fingerprint density at radius 2 is 1.80 bits per heavy atom. The second-order valence-corrected chi connectivity index (χ2v) is 8.06. The number of rotatable bonds is 5. The van der Waals surface area contributed by atoms with Crippen LogP contribution in [0.2, 0.25) is 0 Å². The first-order chi connectivity index (χ1) is 11.6. The number of piperidine rings is 1. The summed E-state index contributed by atoms with van der Waals surface area (Å²) < 4.78 is 10.5. The van der Waals surface area contributed by atoms with Crippen molar-refractivity contribution in [2.45, 2.75) is 52.6 Å². The Morgan fingerprint density at radius 3 is 2.24 bits per heavy atom. The van der Waals surface area contributed by atoms with E-state index in [1.165, 1.54) is 0 Å². The van der Waals surface area contributed by atoms with Gasteiger partial charge in [0.1, 0.15) is 5.60 Å². The minimum Gasteiger partial charge on any atom is -0.466 e. The summed E-state index contributed by atoms with van der Waals surface area (Å²) >= 11 is 0. The smallest absolute Gasteiger partial charge is 0.410 e. The van der Waals surface area contributed by atoms with E-state index in [1.807, 2.05) is 0 Å². The van der Waals surface area contributed by atoms with Gasteiger partial charge >= 0.3 is 12.1 Å². The molecule has 0 spiro atoms. The number of carbonyl (C=O) groups excluding carboxylic acids is 2. The lowest BCUT2D eigenvalue weighted by Gasteiger charge is -2.44. The maximum atomic E-state index is 12.4. The van der Waals surface area contributed by atoms with Crippen LogP contribution in [-0.2, 0) is 14.3 Å². The lowest BCUT2D eigenvalue weighted by molar-refractivity contribution is -0.502. The van der Waals surface area contributed by atoms with Crippen molar-refractivity contribution in [2.75, 3.05) is 26.2 Å². The highest BCUT2D eigenvalue weighted by Gasteiger charge is 2.58. The predicted molar refractivity (Wildman–Crippen MR) is 89.6 cm³/mol. The number of nitro groups is 1. The fourth-order valence-electron chi connectivity index (χ4n) is 4.26. The Balaban J connectivity index is 2.17. The van der Waals surface area contributed by atoms with Crippen molar-refractivity contribution >= 4 is 12.1 Å². The molecule has 0 aromatic carbocycles. The quantitative estimate of drug-likeness (QED) is 0.426. The molecule has 1 heterocycles. The molecule has 0 aromatic heterocycles. The molecule has 2 rings (SSSR count). The molecule has 25 heavy (non-hydrogen) atoms. The highest BCUT2D eigenvalue weighted by molar-refractivity contribution is 5.71. The van der Waals surface area contributed by atoms with Crippen LogP contribution >= 0.6 is 0 Å². The van der Waals surface area contributed by atoms with Crippen LogP contribution in [0.4, 0.5) is 4.79 Å². The molecule has 0 aromatic rings. The van der Waals surface area contributed by atoms with Gasteiger partial charge in [0.15, 0.2) is 0 Å². The van der Waals surface area contributed by atoms with Gasteiger partial charge in [-0.3, -0.25) is 14.9 Å². The zero-order valence-corrected chi connectivity index (χ0v) is 15.4. The molecule has 2 atom stereocenters. The van der Waals surface area contributed by atoms with Gasteiger partial charge in [0.25, 0.3) is 0 Å². The zero-order chi connectivity index (χ0) is 18.8. The Kier molecular flexibility index (Phi) is 5.58. The van der Waals surface area contributed by atoms with Crippen molar-refractivity contribution in [1.82, 2.24) is 4.90 Å². The number of hydrogen-bond donors (Lipinski definition) is 0. The second-order valence-electron chi connectivity index (χ2n) is 8.06. The molecular formula is C17H28N2O6. The van der Waals surface area contributed by atoms with Crippen LogP contribution in [0.1, 0.15) is 47.0 Å². The molecule has 1 amide bonds. The van der Waals surface area contributed by atoms with E-state index in [0.29, 0.717) is 13.1 Å². The molecule has 2 unspecified atom stereocenters. The van der Waals surface area contributed by atoms with E-state index < -0.39 is 23.1 Å². The Labute approximate surface area is 148 Å². The standard InChI is InChI=1S/C17H28N2O6/c1-5-24-14(20)8-17(11-19(22)23)12-6-7-13(17)10-18(9-12)15(21)25-16(2,3)4/h12-13H,5-11H2,1-4H3. The summed E-state index contributed by atoms with van der Waals surface area (Å²) in [5.41, 5.74) is -1.31. The number of esters is 1. The van der Waals surface area contributed by atoms with Crippen molar-refractivity contribution in [3.8, 4) is 0 Å². The van der Waals surface area contributed by atoms with Crippen molar-refractivity contribution in [2.24, 2.45) is 17.3 Å². The number of ether oxygens (including phenoxy) is 2. The van der Waals surface area contributed by atoms with Gasteiger partial charge in [0.05, 0.1) is 18.4 Å². The van der Waals surface area contributed by atoms with Gasteiger partial charge in [-0.2, -0.15) is 0 Å². The van der Waals surface area contributed by atoms with Crippen LogP contribution < -0.4 is 0 Å². The number of carbonyl (C=O) groups is 2. The minimum absolute atomic E-state index is 0.0410. The normalized spacial score (nSPS) is 28.6. The molecule has 1 aliphatic heterocycles. The number of fused-ring (bicyclic) bond motifs is 2. The molecule has 2 bridgehead atoms. The van der Waals surface area contributed by atoms with Crippen LogP contribution in [0.5, 0.6) is 0 Å². The van der Waals surface area contributed by atoms with Crippen LogP contribution in [0, 0.1) is 27.4 Å². The monoisotopic (exact) mass is 356 g/mol. The average molecular weight is 356 g/mol. The van der Waals surface area contributed by atoms with Crippen molar-refractivity contribution in [3.05, 3.63) is 10.1 Å². The lowest BCUT2D eigenvalue weighted by atomic mass is 9.67. The zero-order valence-electron chi connectivity index (χ0n) is 15.4. The predicted octanol–water partition coefficient (Wildman–Crippen LogP) is 2.48. The van der Waals surface area contributed by atoms with Crippen LogP contribution in [-0.4, -0.2) is 53.7 Å².